The first-order valence-electron chi connectivity index (χ1n) is 7.12. The number of ether oxygens (including phenoxy) is 3. The number of aliphatic hydroxyl groups is 1. The number of hydrogen-bond acceptors (Lipinski definition) is 5. The van der Waals surface area contributed by atoms with Crippen LogP contribution in [0.25, 0.3) is 0 Å². The Morgan fingerprint density at radius 3 is 2.57 bits per heavy atom. The number of aliphatic hydroxyl groups excluding tert-OH is 1. The normalized spacial score (nSPS) is 12.8. The van der Waals surface area contributed by atoms with Crippen LogP contribution in [-0.4, -0.2) is 24.3 Å². The summed E-state index contributed by atoms with van der Waals surface area (Å²) < 4.78 is 16.1. The number of esters is 1. The van der Waals surface area contributed by atoms with Crippen LogP contribution in [0.5, 0.6) is 11.5 Å². The van der Waals surface area contributed by atoms with E-state index < -0.39 is 5.97 Å². The van der Waals surface area contributed by atoms with Gasteiger partial charge in [-0.25, -0.2) is 4.79 Å². The van der Waals surface area contributed by atoms with E-state index in [0.717, 1.165) is 11.1 Å². The molecule has 1 aliphatic rings. The monoisotopic (exact) mass is 334 g/mol. The molecule has 0 unspecified atom stereocenters. The van der Waals surface area contributed by atoms with E-state index in [1.807, 2.05) is 0 Å². The third-order valence-electron chi connectivity index (χ3n) is 3.41. The quantitative estimate of drug-likeness (QED) is 0.871. The van der Waals surface area contributed by atoms with Gasteiger partial charge in [0.05, 0.1) is 17.2 Å². The molecular formula is C17H15ClO5. The fourth-order valence-corrected chi connectivity index (χ4v) is 2.47. The van der Waals surface area contributed by atoms with Gasteiger partial charge in [-0.05, 0) is 23.3 Å². The molecular weight excluding hydrogens is 320 g/mol. The molecule has 0 bridgehead atoms. The minimum absolute atomic E-state index is 0.0181. The lowest BCUT2D eigenvalue weighted by molar-refractivity contribution is 0.0471. The van der Waals surface area contributed by atoms with Crippen molar-refractivity contribution < 1.29 is 24.1 Å². The average Bonchev–Trinajstić information content (AvgIpc) is 2.60. The molecule has 2 aromatic rings. The minimum Gasteiger partial charge on any atom is -0.486 e. The van der Waals surface area contributed by atoms with Crippen LogP contribution in [0.15, 0.2) is 36.4 Å². The average molecular weight is 335 g/mol. The molecule has 3 rings (SSSR count). The molecule has 120 valence electrons. The number of benzene rings is 2. The highest BCUT2D eigenvalue weighted by Gasteiger charge is 2.20. The highest BCUT2D eigenvalue weighted by Crippen LogP contribution is 2.38. The van der Waals surface area contributed by atoms with Crippen LogP contribution in [0.2, 0.25) is 5.02 Å². The number of carbonyl (C=O) groups is 1. The van der Waals surface area contributed by atoms with E-state index in [1.54, 1.807) is 30.3 Å². The van der Waals surface area contributed by atoms with Crippen molar-refractivity contribution in [2.75, 3.05) is 13.2 Å². The highest BCUT2D eigenvalue weighted by atomic mass is 35.5. The standard InChI is InChI=1S/C17H15ClO5/c18-14-7-13(8-15-16(14)22-6-5-21-15)17(20)23-10-12-3-1-11(9-19)2-4-12/h1-4,7-8,19H,5-6,9-10H2. The smallest absolute Gasteiger partial charge is 0.338 e. The first-order valence-corrected chi connectivity index (χ1v) is 7.50. The fraction of sp³-hybridized carbons (Fsp3) is 0.235. The molecule has 2 aromatic carbocycles. The maximum absolute atomic E-state index is 12.2. The summed E-state index contributed by atoms with van der Waals surface area (Å²) in [5.74, 6) is 0.409. The van der Waals surface area contributed by atoms with Gasteiger partial charge in [0, 0.05) is 0 Å². The van der Waals surface area contributed by atoms with Crippen molar-refractivity contribution in [1.29, 1.82) is 0 Å². The summed E-state index contributed by atoms with van der Waals surface area (Å²) in [6.07, 6.45) is 0. The number of rotatable bonds is 4. The third-order valence-corrected chi connectivity index (χ3v) is 3.69. The summed E-state index contributed by atoms with van der Waals surface area (Å²) in [6, 6.07) is 10.2. The molecule has 0 saturated heterocycles. The molecule has 1 N–H and O–H groups in total. The SMILES string of the molecule is O=C(OCc1ccc(CO)cc1)c1cc(Cl)c2c(c1)OCCO2. The number of carbonyl (C=O) groups excluding carboxylic acids is 1. The van der Waals surface area contributed by atoms with Crippen LogP contribution in [0, 0.1) is 0 Å². The van der Waals surface area contributed by atoms with Crippen molar-refractivity contribution in [3.63, 3.8) is 0 Å². The second-order valence-electron chi connectivity index (χ2n) is 5.03. The van der Waals surface area contributed by atoms with E-state index in [2.05, 4.69) is 0 Å². The van der Waals surface area contributed by atoms with Crippen LogP contribution in [0.1, 0.15) is 21.5 Å². The Kier molecular flexibility index (Phi) is 4.69. The van der Waals surface area contributed by atoms with E-state index in [4.69, 9.17) is 30.9 Å². The van der Waals surface area contributed by atoms with Gasteiger partial charge in [-0.2, -0.15) is 0 Å². The number of fused-ring (bicyclic) bond motifs is 1. The zero-order chi connectivity index (χ0) is 16.2. The van der Waals surface area contributed by atoms with Crippen LogP contribution in [0.3, 0.4) is 0 Å². The Morgan fingerprint density at radius 2 is 1.83 bits per heavy atom. The Bertz CT molecular complexity index is 712. The van der Waals surface area contributed by atoms with Gasteiger partial charge in [-0.15, -0.1) is 0 Å². The third kappa shape index (κ3) is 3.57. The van der Waals surface area contributed by atoms with Gasteiger partial charge in [0.1, 0.15) is 19.8 Å². The Hall–Kier alpha value is -2.24. The second-order valence-corrected chi connectivity index (χ2v) is 5.44. The zero-order valence-electron chi connectivity index (χ0n) is 12.3. The lowest BCUT2D eigenvalue weighted by Crippen LogP contribution is -2.16. The lowest BCUT2D eigenvalue weighted by atomic mass is 10.1. The second kappa shape index (κ2) is 6.89. The summed E-state index contributed by atoms with van der Waals surface area (Å²) >= 11 is 6.11. The summed E-state index contributed by atoms with van der Waals surface area (Å²) in [7, 11) is 0. The number of hydrogen-bond donors (Lipinski definition) is 1. The van der Waals surface area contributed by atoms with Crippen LogP contribution in [-0.2, 0) is 18.0 Å². The highest BCUT2D eigenvalue weighted by molar-refractivity contribution is 6.32. The van der Waals surface area contributed by atoms with Crippen molar-refractivity contribution >= 4 is 17.6 Å². The van der Waals surface area contributed by atoms with Gasteiger partial charge in [0.2, 0.25) is 0 Å². The molecule has 0 saturated carbocycles. The van der Waals surface area contributed by atoms with Crippen LogP contribution < -0.4 is 9.47 Å². The molecule has 1 aliphatic heterocycles. The van der Waals surface area contributed by atoms with Gasteiger partial charge in [-0.1, -0.05) is 35.9 Å². The summed E-state index contributed by atoms with van der Waals surface area (Å²) in [5, 5.41) is 9.32. The van der Waals surface area contributed by atoms with Gasteiger partial charge in [0.15, 0.2) is 11.5 Å². The summed E-state index contributed by atoms with van der Waals surface area (Å²) in [4.78, 5) is 12.2. The minimum atomic E-state index is -0.491. The van der Waals surface area contributed by atoms with E-state index in [0.29, 0.717) is 35.3 Å². The van der Waals surface area contributed by atoms with E-state index >= 15 is 0 Å². The molecule has 0 aromatic heterocycles. The maximum Gasteiger partial charge on any atom is 0.338 e. The van der Waals surface area contributed by atoms with E-state index in [1.165, 1.54) is 6.07 Å². The largest absolute Gasteiger partial charge is 0.486 e. The summed E-state index contributed by atoms with van der Waals surface area (Å²) in [6.45, 7) is 0.964. The van der Waals surface area contributed by atoms with Crippen molar-refractivity contribution in [3.05, 3.63) is 58.1 Å². The molecule has 0 radical (unpaired) electrons. The molecule has 1 heterocycles. The molecule has 0 aliphatic carbocycles. The molecule has 5 nitrogen and oxygen atoms in total. The Labute approximate surface area is 138 Å². The summed E-state index contributed by atoms with van der Waals surface area (Å²) in [5.41, 5.74) is 1.95. The van der Waals surface area contributed by atoms with Crippen molar-refractivity contribution in [2.24, 2.45) is 0 Å². The van der Waals surface area contributed by atoms with Gasteiger partial charge < -0.3 is 19.3 Å². The first kappa shape index (κ1) is 15.6. The van der Waals surface area contributed by atoms with Crippen molar-refractivity contribution in [2.45, 2.75) is 13.2 Å². The van der Waals surface area contributed by atoms with Crippen molar-refractivity contribution in [1.82, 2.24) is 0 Å². The maximum atomic E-state index is 12.2. The van der Waals surface area contributed by atoms with Crippen LogP contribution in [0.4, 0.5) is 0 Å². The molecule has 0 atom stereocenters. The topological polar surface area (TPSA) is 65.0 Å². The van der Waals surface area contributed by atoms with Gasteiger partial charge >= 0.3 is 5.97 Å². The molecule has 23 heavy (non-hydrogen) atoms. The predicted molar refractivity (Wildman–Crippen MR) is 83.9 cm³/mol. The molecule has 0 amide bonds. The molecule has 6 heteroatoms. The fourth-order valence-electron chi connectivity index (χ4n) is 2.20. The van der Waals surface area contributed by atoms with E-state index in [9.17, 15) is 4.79 Å². The van der Waals surface area contributed by atoms with E-state index in [-0.39, 0.29) is 13.2 Å². The van der Waals surface area contributed by atoms with Gasteiger partial charge in [-0.3, -0.25) is 0 Å². The lowest BCUT2D eigenvalue weighted by Gasteiger charge is -2.20. The Morgan fingerprint density at radius 1 is 1.13 bits per heavy atom. The zero-order valence-corrected chi connectivity index (χ0v) is 13.0. The molecule has 0 spiro atoms. The first-order chi connectivity index (χ1) is 11.2. The number of halogens is 1. The molecule has 0 fully saturated rings. The van der Waals surface area contributed by atoms with Crippen LogP contribution >= 0.6 is 11.6 Å². The van der Waals surface area contributed by atoms with Gasteiger partial charge in [0.25, 0.3) is 0 Å². The van der Waals surface area contributed by atoms with Crippen molar-refractivity contribution in [3.8, 4) is 11.5 Å². The predicted octanol–water partition coefficient (Wildman–Crippen LogP) is 2.96. The Balaban J connectivity index is 1.69.